The Labute approximate surface area is 149 Å². The minimum atomic E-state index is -4.49. The van der Waals surface area contributed by atoms with Gasteiger partial charge >= 0.3 is 12.4 Å². The van der Waals surface area contributed by atoms with Gasteiger partial charge in [0, 0.05) is 5.56 Å². The number of carbonyl (C=O) groups excluding carboxylic acids is 1. The van der Waals surface area contributed by atoms with Crippen molar-refractivity contribution in [3.63, 3.8) is 0 Å². The molecule has 0 N–H and O–H groups in total. The fraction of sp³-hybridized carbons (Fsp3) is 0.118. The predicted octanol–water partition coefficient (Wildman–Crippen LogP) is 6.20. The van der Waals surface area contributed by atoms with Crippen LogP contribution in [0.25, 0.3) is 6.08 Å². The van der Waals surface area contributed by atoms with E-state index in [1.54, 1.807) is 0 Å². The minimum absolute atomic E-state index is 0. The molecule has 8 heteroatoms. The van der Waals surface area contributed by atoms with Crippen molar-refractivity contribution in [3.8, 4) is 0 Å². The molecule has 0 radical (unpaired) electrons. The van der Waals surface area contributed by atoms with E-state index in [0.29, 0.717) is 5.56 Å². The summed E-state index contributed by atoms with van der Waals surface area (Å²) in [6.07, 6.45) is -6.55. The Bertz CT molecular complexity index is 743. The van der Waals surface area contributed by atoms with Crippen molar-refractivity contribution in [2.45, 2.75) is 12.4 Å². The highest BCUT2D eigenvalue weighted by Crippen LogP contribution is 2.30. The molecule has 25 heavy (non-hydrogen) atoms. The lowest BCUT2D eigenvalue weighted by Crippen LogP contribution is -2.05. The molecule has 0 aliphatic heterocycles. The van der Waals surface area contributed by atoms with E-state index in [4.69, 9.17) is 0 Å². The van der Waals surface area contributed by atoms with Crippen molar-refractivity contribution in [1.82, 2.24) is 0 Å². The maximum absolute atomic E-state index is 12.4. The molecule has 1 nitrogen and oxygen atoms in total. The second-order valence-electron chi connectivity index (χ2n) is 4.89. The monoisotopic (exact) mass is 424 g/mol. The van der Waals surface area contributed by atoms with Gasteiger partial charge in [0.1, 0.15) is 0 Å². The van der Waals surface area contributed by atoms with Gasteiger partial charge in [0.05, 0.1) is 11.1 Å². The summed E-state index contributed by atoms with van der Waals surface area (Å²) >= 11 is 0. The number of hydrogen-bond acceptors (Lipinski definition) is 1. The molecule has 0 atom stereocenters. The molecule has 0 heterocycles. The summed E-state index contributed by atoms with van der Waals surface area (Å²) in [4.78, 5) is 11.9. The van der Waals surface area contributed by atoms with Crippen LogP contribution in [0, 0.1) is 0 Å². The Morgan fingerprint density at radius 3 is 1.52 bits per heavy atom. The number of carbonyl (C=O) groups is 1. The zero-order valence-corrected chi connectivity index (χ0v) is 14.1. The van der Waals surface area contributed by atoms with Gasteiger partial charge in [-0.15, -0.1) is 17.0 Å². The SMILES string of the molecule is Br.O=C(C=Cc1ccc(C(F)(F)F)cc1)c1ccc(C(F)(F)F)cc1. The Balaban J connectivity index is 0.00000312. The summed E-state index contributed by atoms with van der Waals surface area (Å²) in [6, 6.07) is 7.81. The molecular weight excluding hydrogens is 414 g/mol. The third-order valence-electron chi connectivity index (χ3n) is 3.16. The van der Waals surface area contributed by atoms with Crippen LogP contribution < -0.4 is 0 Å². The predicted molar refractivity (Wildman–Crippen MR) is 86.6 cm³/mol. The van der Waals surface area contributed by atoms with Crippen LogP contribution in [0.15, 0.2) is 54.6 Å². The van der Waals surface area contributed by atoms with Crippen LogP contribution in [0.2, 0.25) is 0 Å². The maximum atomic E-state index is 12.4. The third-order valence-corrected chi connectivity index (χ3v) is 3.16. The molecule has 0 aliphatic carbocycles. The molecule has 0 aromatic heterocycles. The van der Waals surface area contributed by atoms with Gasteiger partial charge < -0.3 is 0 Å². The maximum Gasteiger partial charge on any atom is 0.416 e. The van der Waals surface area contributed by atoms with Crippen LogP contribution in [0.1, 0.15) is 27.0 Å². The first-order valence-corrected chi connectivity index (χ1v) is 6.64. The summed E-state index contributed by atoms with van der Waals surface area (Å²) in [7, 11) is 0. The van der Waals surface area contributed by atoms with Gasteiger partial charge in [-0.25, -0.2) is 0 Å². The van der Waals surface area contributed by atoms with Crippen molar-refractivity contribution in [2.24, 2.45) is 0 Å². The summed E-state index contributed by atoms with van der Waals surface area (Å²) in [5.74, 6) is -0.552. The lowest BCUT2D eigenvalue weighted by molar-refractivity contribution is -0.138. The third kappa shape index (κ3) is 5.74. The first kappa shape index (κ1) is 21.0. The Kier molecular flexibility index (Phi) is 6.59. The van der Waals surface area contributed by atoms with Gasteiger partial charge in [0.25, 0.3) is 0 Å². The van der Waals surface area contributed by atoms with E-state index in [0.717, 1.165) is 42.5 Å². The van der Waals surface area contributed by atoms with E-state index in [1.165, 1.54) is 18.2 Å². The molecule has 2 rings (SSSR count). The average molecular weight is 425 g/mol. The van der Waals surface area contributed by atoms with Crippen molar-refractivity contribution in [2.75, 3.05) is 0 Å². The second-order valence-corrected chi connectivity index (χ2v) is 4.89. The van der Waals surface area contributed by atoms with E-state index >= 15 is 0 Å². The topological polar surface area (TPSA) is 17.1 Å². The lowest BCUT2D eigenvalue weighted by Gasteiger charge is -2.06. The van der Waals surface area contributed by atoms with E-state index in [-0.39, 0.29) is 22.5 Å². The van der Waals surface area contributed by atoms with Crippen LogP contribution >= 0.6 is 17.0 Å². The zero-order chi connectivity index (χ0) is 18.0. The molecule has 2 aromatic rings. The van der Waals surface area contributed by atoms with Gasteiger partial charge in [-0.1, -0.05) is 30.3 Å². The molecule has 0 spiro atoms. The number of halogens is 7. The van der Waals surface area contributed by atoms with E-state index in [9.17, 15) is 31.1 Å². The number of benzene rings is 2. The molecule has 0 aliphatic rings. The van der Waals surface area contributed by atoms with Gasteiger partial charge in [-0.05, 0) is 35.9 Å². The van der Waals surface area contributed by atoms with Gasteiger partial charge in [0.15, 0.2) is 5.78 Å². The summed E-state index contributed by atoms with van der Waals surface area (Å²) in [5, 5.41) is 0. The van der Waals surface area contributed by atoms with Crippen molar-refractivity contribution in [3.05, 3.63) is 76.9 Å². The molecule has 0 unspecified atom stereocenters. The Morgan fingerprint density at radius 1 is 0.720 bits per heavy atom. The molecular formula is C17H11BrF6O. The number of alkyl halides is 6. The largest absolute Gasteiger partial charge is 0.416 e. The summed E-state index contributed by atoms with van der Waals surface area (Å²) < 4.78 is 74.5. The van der Waals surface area contributed by atoms with Crippen LogP contribution in [0.4, 0.5) is 26.3 Å². The van der Waals surface area contributed by atoms with Crippen LogP contribution in [0.5, 0.6) is 0 Å². The highest BCUT2D eigenvalue weighted by atomic mass is 79.9. The average Bonchev–Trinajstić information content (AvgIpc) is 2.51. The van der Waals surface area contributed by atoms with Gasteiger partial charge in [0.2, 0.25) is 0 Å². The molecule has 0 amide bonds. The van der Waals surface area contributed by atoms with Crippen molar-refractivity contribution < 1.29 is 31.1 Å². The normalized spacial score (nSPS) is 12.1. The molecule has 0 saturated heterocycles. The number of allylic oxidation sites excluding steroid dienone is 1. The first-order valence-electron chi connectivity index (χ1n) is 6.64. The number of ketones is 1. The van der Waals surface area contributed by atoms with Crippen molar-refractivity contribution >= 4 is 28.8 Å². The standard InChI is InChI=1S/C17H10F6O.BrH/c18-16(19,20)13-6-1-11(2-7-13)3-10-15(24)12-4-8-14(9-5-12)17(21,22)23;/h1-10H;1H. The van der Waals surface area contributed by atoms with E-state index in [1.807, 2.05) is 0 Å². The van der Waals surface area contributed by atoms with Crippen LogP contribution in [0.3, 0.4) is 0 Å². The highest BCUT2D eigenvalue weighted by Gasteiger charge is 2.30. The smallest absolute Gasteiger partial charge is 0.289 e. The van der Waals surface area contributed by atoms with Crippen LogP contribution in [-0.2, 0) is 12.4 Å². The van der Waals surface area contributed by atoms with Crippen molar-refractivity contribution in [1.29, 1.82) is 0 Å². The summed E-state index contributed by atoms with van der Waals surface area (Å²) in [5.41, 5.74) is -1.27. The van der Waals surface area contributed by atoms with Crippen LogP contribution in [-0.4, -0.2) is 5.78 Å². The second kappa shape index (κ2) is 7.86. The Hall–Kier alpha value is -2.09. The molecule has 0 saturated carbocycles. The molecule has 0 bridgehead atoms. The molecule has 134 valence electrons. The number of hydrogen-bond donors (Lipinski definition) is 0. The van der Waals surface area contributed by atoms with Gasteiger partial charge in [-0.2, -0.15) is 26.3 Å². The number of rotatable bonds is 3. The van der Waals surface area contributed by atoms with Gasteiger partial charge in [-0.3, -0.25) is 4.79 Å². The minimum Gasteiger partial charge on any atom is -0.289 e. The quantitative estimate of drug-likeness (QED) is 0.325. The molecule has 0 fully saturated rings. The fourth-order valence-electron chi connectivity index (χ4n) is 1.87. The Morgan fingerprint density at radius 2 is 1.12 bits per heavy atom. The van der Waals surface area contributed by atoms with E-state index in [2.05, 4.69) is 0 Å². The molecule has 2 aromatic carbocycles. The first-order chi connectivity index (χ1) is 11.1. The fourth-order valence-corrected chi connectivity index (χ4v) is 1.87. The zero-order valence-electron chi connectivity index (χ0n) is 12.4. The lowest BCUT2D eigenvalue weighted by atomic mass is 10.1. The summed E-state index contributed by atoms with van der Waals surface area (Å²) in [6.45, 7) is 0. The highest BCUT2D eigenvalue weighted by molar-refractivity contribution is 8.93. The van der Waals surface area contributed by atoms with E-state index < -0.39 is 29.3 Å².